The van der Waals surface area contributed by atoms with Gasteiger partial charge in [-0.1, -0.05) is 36.4 Å². The first-order valence-corrected chi connectivity index (χ1v) is 8.36. The van der Waals surface area contributed by atoms with Crippen LogP contribution in [0.15, 0.2) is 48.5 Å². The van der Waals surface area contributed by atoms with E-state index in [1.807, 2.05) is 44.2 Å². The summed E-state index contributed by atoms with van der Waals surface area (Å²) in [6.07, 6.45) is 0. The Morgan fingerprint density at radius 1 is 0.962 bits per heavy atom. The maximum atomic E-state index is 14.1. The highest BCUT2D eigenvalue weighted by molar-refractivity contribution is 5.97. The van der Waals surface area contributed by atoms with Crippen LogP contribution in [0, 0.1) is 11.6 Å². The Morgan fingerprint density at radius 3 is 2.04 bits per heavy atom. The molecule has 0 N–H and O–H groups in total. The van der Waals surface area contributed by atoms with Gasteiger partial charge < -0.3 is 4.90 Å². The predicted octanol–water partition coefficient (Wildman–Crippen LogP) is 3.75. The van der Waals surface area contributed by atoms with Gasteiger partial charge in [0.25, 0.3) is 0 Å². The fraction of sp³-hybridized carbons (Fsp3) is 0.300. The van der Waals surface area contributed by atoms with Gasteiger partial charge >= 0.3 is 0 Å². The molecule has 4 nitrogen and oxygen atoms in total. The first-order valence-electron chi connectivity index (χ1n) is 8.36. The van der Waals surface area contributed by atoms with Crippen LogP contribution in [0.4, 0.5) is 14.5 Å². The molecule has 0 bridgehead atoms. The van der Waals surface area contributed by atoms with Crippen LogP contribution in [0.25, 0.3) is 0 Å². The molecule has 0 fully saturated rings. The number of amides is 2. The summed E-state index contributed by atoms with van der Waals surface area (Å²) in [5, 5.41) is 0. The highest BCUT2D eigenvalue weighted by Crippen LogP contribution is 2.24. The molecule has 6 heteroatoms. The minimum Gasteiger partial charge on any atom is -0.334 e. The molecule has 0 unspecified atom stereocenters. The summed E-state index contributed by atoms with van der Waals surface area (Å²) in [5.41, 5.74) is 0.428. The number of hydrogen-bond acceptors (Lipinski definition) is 2. The number of hydrogen-bond donors (Lipinski definition) is 0. The molecule has 0 aliphatic rings. The third-order valence-corrected chi connectivity index (χ3v) is 4.02. The monoisotopic (exact) mass is 360 g/mol. The Hall–Kier alpha value is -2.76. The standard InChI is InChI=1S/C20H22F2N2O2/c1-14(2)23(12-16-8-5-4-6-9-16)19(26)13-24(15(3)25)20-17(21)10-7-11-18(20)22/h4-11,14H,12-13H2,1-3H3. The third kappa shape index (κ3) is 4.65. The number of rotatable bonds is 6. The zero-order valence-corrected chi connectivity index (χ0v) is 15.1. The van der Waals surface area contributed by atoms with Gasteiger partial charge in [-0.3, -0.25) is 14.5 Å². The summed E-state index contributed by atoms with van der Waals surface area (Å²) in [5.74, 6) is -2.76. The highest BCUT2D eigenvalue weighted by Gasteiger charge is 2.26. The number of para-hydroxylation sites is 1. The predicted molar refractivity (Wildman–Crippen MR) is 96.5 cm³/mol. The van der Waals surface area contributed by atoms with Crippen LogP contribution in [0.2, 0.25) is 0 Å². The summed E-state index contributed by atoms with van der Waals surface area (Å²) < 4.78 is 28.1. The molecule has 0 spiro atoms. The number of halogens is 2. The van der Waals surface area contributed by atoms with Gasteiger partial charge in [0.15, 0.2) is 0 Å². The highest BCUT2D eigenvalue weighted by atomic mass is 19.1. The molecule has 0 saturated heterocycles. The van der Waals surface area contributed by atoms with Crippen LogP contribution < -0.4 is 4.90 Å². The lowest BCUT2D eigenvalue weighted by Crippen LogP contribution is -2.45. The van der Waals surface area contributed by atoms with Gasteiger partial charge in [0, 0.05) is 19.5 Å². The Balaban J connectivity index is 2.26. The summed E-state index contributed by atoms with van der Waals surface area (Å²) >= 11 is 0. The molecule has 138 valence electrons. The van der Waals surface area contributed by atoms with Crippen LogP contribution in [0.3, 0.4) is 0 Å². The Labute approximate surface area is 152 Å². The van der Waals surface area contributed by atoms with Crippen LogP contribution in [0.5, 0.6) is 0 Å². The van der Waals surface area contributed by atoms with Crippen LogP contribution in [-0.2, 0) is 16.1 Å². The van der Waals surface area contributed by atoms with Gasteiger partial charge in [0.1, 0.15) is 23.9 Å². The summed E-state index contributed by atoms with van der Waals surface area (Å²) in [6, 6.07) is 12.6. The van der Waals surface area contributed by atoms with Gasteiger partial charge in [0.2, 0.25) is 11.8 Å². The van der Waals surface area contributed by atoms with Crippen molar-refractivity contribution in [3.8, 4) is 0 Å². The van der Waals surface area contributed by atoms with E-state index in [1.165, 1.54) is 13.0 Å². The van der Waals surface area contributed by atoms with E-state index in [0.29, 0.717) is 6.54 Å². The topological polar surface area (TPSA) is 40.6 Å². The second kappa shape index (κ2) is 8.56. The van der Waals surface area contributed by atoms with E-state index >= 15 is 0 Å². The largest absolute Gasteiger partial charge is 0.334 e. The van der Waals surface area contributed by atoms with E-state index in [9.17, 15) is 18.4 Å². The van der Waals surface area contributed by atoms with E-state index in [2.05, 4.69) is 0 Å². The zero-order chi connectivity index (χ0) is 19.3. The Kier molecular flexibility index (Phi) is 6.44. The molecular formula is C20H22F2N2O2. The average Bonchev–Trinajstić information content (AvgIpc) is 2.59. The van der Waals surface area contributed by atoms with E-state index in [4.69, 9.17) is 0 Å². The average molecular weight is 360 g/mol. The summed E-state index contributed by atoms with van der Waals surface area (Å²) in [7, 11) is 0. The fourth-order valence-corrected chi connectivity index (χ4v) is 2.66. The van der Waals surface area contributed by atoms with Crippen molar-refractivity contribution in [1.82, 2.24) is 4.90 Å². The van der Waals surface area contributed by atoms with Gasteiger partial charge in [-0.25, -0.2) is 8.78 Å². The van der Waals surface area contributed by atoms with Gasteiger partial charge in [-0.15, -0.1) is 0 Å². The quantitative estimate of drug-likeness (QED) is 0.787. The van der Waals surface area contributed by atoms with Crippen molar-refractivity contribution in [3.63, 3.8) is 0 Å². The summed E-state index contributed by atoms with van der Waals surface area (Å²) in [4.78, 5) is 27.2. The van der Waals surface area contributed by atoms with E-state index in [0.717, 1.165) is 22.6 Å². The van der Waals surface area contributed by atoms with Crippen molar-refractivity contribution in [2.45, 2.75) is 33.4 Å². The number of nitrogens with zero attached hydrogens (tertiary/aromatic N) is 2. The van der Waals surface area contributed by atoms with Crippen molar-refractivity contribution in [3.05, 3.63) is 65.7 Å². The smallest absolute Gasteiger partial charge is 0.243 e. The van der Waals surface area contributed by atoms with E-state index < -0.39 is 29.8 Å². The Morgan fingerprint density at radius 2 is 1.54 bits per heavy atom. The second-order valence-electron chi connectivity index (χ2n) is 6.28. The first kappa shape index (κ1) is 19.6. The molecule has 2 amide bonds. The van der Waals surface area contributed by atoms with Gasteiger partial charge in [0.05, 0.1) is 0 Å². The molecule has 0 aromatic heterocycles. The molecule has 0 atom stereocenters. The maximum Gasteiger partial charge on any atom is 0.243 e. The molecule has 26 heavy (non-hydrogen) atoms. The van der Waals surface area contributed by atoms with Crippen LogP contribution in [0.1, 0.15) is 26.3 Å². The molecule has 2 aromatic rings. The third-order valence-electron chi connectivity index (χ3n) is 4.02. The Bertz CT molecular complexity index is 758. The molecule has 2 aromatic carbocycles. The molecule has 0 aliphatic carbocycles. The minimum atomic E-state index is -0.882. The molecule has 0 saturated carbocycles. The molecule has 2 rings (SSSR count). The molecule has 0 heterocycles. The lowest BCUT2D eigenvalue weighted by molar-refractivity contribution is -0.133. The van der Waals surface area contributed by atoms with Crippen molar-refractivity contribution in [1.29, 1.82) is 0 Å². The van der Waals surface area contributed by atoms with Crippen LogP contribution >= 0.6 is 0 Å². The number of carbonyl (C=O) groups is 2. The SMILES string of the molecule is CC(=O)N(CC(=O)N(Cc1ccccc1)C(C)C)c1c(F)cccc1F. The van der Waals surface area contributed by atoms with Crippen LogP contribution in [-0.4, -0.2) is 29.3 Å². The normalized spacial score (nSPS) is 10.7. The van der Waals surface area contributed by atoms with Crippen molar-refractivity contribution < 1.29 is 18.4 Å². The molecular weight excluding hydrogens is 338 g/mol. The summed E-state index contributed by atoms with van der Waals surface area (Å²) in [6.45, 7) is 4.79. The lowest BCUT2D eigenvalue weighted by atomic mass is 10.2. The van der Waals surface area contributed by atoms with Gasteiger partial charge in [-0.2, -0.15) is 0 Å². The van der Waals surface area contributed by atoms with Crippen molar-refractivity contribution >= 4 is 17.5 Å². The zero-order valence-electron chi connectivity index (χ0n) is 15.1. The number of carbonyl (C=O) groups excluding carboxylic acids is 2. The molecule has 0 radical (unpaired) electrons. The van der Waals surface area contributed by atoms with E-state index in [1.54, 1.807) is 4.90 Å². The first-order chi connectivity index (χ1) is 12.3. The number of benzene rings is 2. The van der Waals surface area contributed by atoms with Crippen molar-refractivity contribution in [2.24, 2.45) is 0 Å². The number of anilines is 1. The van der Waals surface area contributed by atoms with Crippen molar-refractivity contribution in [2.75, 3.05) is 11.4 Å². The molecule has 0 aliphatic heterocycles. The lowest BCUT2D eigenvalue weighted by Gasteiger charge is -2.30. The van der Waals surface area contributed by atoms with Gasteiger partial charge in [-0.05, 0) is 31.5 Å². The minimum absolute atomic E-state index is 0.137. The van der Waals surface area contributed by atoms with E-state index in [-0.39, 0.29) is 11.9 Å². The maximum absolute atomic E-state index is 14.1. The fourth-order valence-electron chi connectivity index (χ4n) is 2.66. The second-order valence-corrected chi connectivity index (χ2v) is 6.28.